The number of halogens is 2. The third-order valence-electron chi connectivity index (χ3n) is 8.17. The van der Waals surface area contributed by atoms with Gasteiger partial charge in [-0.3, -0.25) is 9.69 Å². The number of fused-ring (bicyclic) bond motifs is 3. The Morgan fingerprint density at radius 1 is 1.03 bits per heavy atom. The summed E-state index contributed by atoms with van der Waals surface area (Å²) in [6.45, 7) is 2.72. The van der Waals surface area contributed by atoms with Gasteiger partial charge >= 0.3 is 0 Å². The number of amides is 1. The molecule has 0 radical (unpaired) electrons. The Morgan fingerprint density at radius 3 is 2.46 bits per heavy atom. The number of rotatable bonds is 7. The molecule has 0 bridgehead atoms. The zero-order chi connectivity index (χ0) is 26.2. The molecule has 1 aliphatic heterocycles. The van der Waals surface area contributed by atoms with E-state index in [1.807, 2.05) is 23.1 Å². The second kappa shape index (κ2) is 10.1. The largest absolute Gasteiger partial charge is 0.356 e. The maximum Gasteiger partial charge on any atom is 0.254 e. The molecule has 0 fully saturated rings. The van der Waals surface area contributed by atoms with Crippen LogP contribution in [0, 0.1) is 11.6 Å². The van der Waals surface area contributed by atoms with Gasteiger partial charge in [0, 0.05) is 34.2 Å². The molecule has 1 amide bonds. The third-order valence-corrected chi connectivity index (χ3v) is 8.17. The number of benzene rings is 3. The normalized spacial score (nSPS) is 17.1. The van der Waals surface area contributed by atoms with Crippen LogP contribution >= 0.6 is 0 Å². The number of carbonyl (C=O) groups is 1. The fourth-order valence-corrected chi connectivity index (χ4v) is 6.10. The summed E-state index contributed by atoms with van der Waals surface area (Å²) in [4.78, 5) is 21.4. The van der Waals surface area contributed by atoms with Crippen molar-refractivity contribution in [3.8, 4) is 0 Å². The van der Waals surface area contributed by atoms with E-state index in [1.165, 1.54) is 22.6 Å². The quantitative estimate of drug-likeness (QED) is 0.301. The zero-order valence-electron chi connectivity index (χ0n) is 21.6. The van der Waals surface area contributed by atoms with Crippen LogP contribution in [0.1, 0.15) is 59.4 Å². The van der Waals surface area contributed by atoms with Crippen LogP contribution in [0.25, 0.3) is 10.9 Å². The predicted molar refractivity (Wildman–Crippen MR) is 143 cm³/mol. The van der Waals surface area contributed by atoms with Crippen LogP contribution in [0.4, 0.5) is 8.78 Å². The summed E-state index contributed by atoms with van der Waals surface area (Å²) in [6, 6.07) is 21.9. The molecule has 6 heteroatoms. The first-order valence-corrected chi connectivity index (χ1v) is 12.9. The lowest BCUT2D eigenvalue weighted by atomic mass is 9.79. The Labute approximate surface area is 216 Å². The Hall–Kier alpha value is -3.51. The lowest BCUT2D eigenvalue weighted by molar-refractivity contribution is 0.0592. The van der Waals surface area contributed by atoms with Gasteiger partial charge in [-0.05, 0) is 75.2 Å². The molecule has 4 nitrogen and oxygen atoms in total. The van der Waals surface area contributed by atoms with Crippen molar-refractivity contribution in [3.63, 3.8) is 0 Å². The molecule has 2 atom stereocenters. The van der Waals surface area contributed by atoms with E-state index in [4.69, 9.17) is 0 Å². The molecule has 0 saturated carbocycles. The number of hydrogen-bond acceptors (Lipinski definition) is 2. The van der Waals surface area contributed by atoms with Gasteiger partial charge in [-0.1, -0.05) is 55.5 Å². The molecule has 1 N–H and O–H groups in total. The molecular formula is C31H33F2N3O. The van der Waals surface area contributed by atoms with E-state index in [1.54, 1.807) is 0 Å². The molecule has 0 aliphatic carbocycles. The molecule has 2 unspecified atom stereocenters. The molecule has 0 saturated heterocycles. The van der Waals surface area contributed by atoms with Gasteiger partial charge in [-0.15, -0.1) is 0 Å². The summed E-state index contributed by atoms with van der Waals surface area (Å²) in [7, 11) is 4.21. The number of H-pyrrole nitrogens is 1. The highest BCUT2D eigenvalue weighted by Gasteiger charge is 2.38. The number of hydrogen-bond donors (Lipinski definition) is 1. The van der Waals surface area contributed by atoms with Crippen molar-refractivity contribution in [1.29, 1.82) is 0 Å². The molecular weight excluding hydrogens is 468 g/mol. The molecule has 5 rings (SSSR count). The minimum Gasteiger partial charge on any atom is -0.356 e. The zero-order valence-corrected chi connectivity index (χ0v) is 21.6. The van der Waals surface area contributed by atoms with Gasteiger partial charge in [-0.2, -0.15) is 0 Å². The highest BCUT2D eigenvalue weighted by Crippen LogP contribution is 2.42. The molecule has 4 aromatic rings. The van der Waals surface area contributed by atoms with E-state index in [-0.39, 0.29) is 23.1 Å². The van der Waals surface area contributed by atoms with Crippen molar-refractivity contribution in [2.45, 2.75) is 44.2 Å². The van der Waals surface area contributed by atoms with Crippen LogP contribution in [0.2, 0.25) is 0 Å². The van der Waals surface area contributed by atoms with E-state index >= 15 is 0 Å². The SMILES string of the molecule is CCC(CCC1c2[nH]c3ccccc3c2CCN1C(=O)c1ccc(F)c(F)c1)(c1ccccc1)N(C)C. The van der Waals surface area contributed by atoms with Crippen LogP contribution in [-0.2, 0) is 12.0 Å². The Balaban J connectivity index is 1.56. The number of nitrogens with one attached hydrogen (secondary N) is 1. The molecule has 192 valence electrons. The lowest BCUT2D eigenvalue weighted by Gasteiger charge is -2.43. The first-order chi connectivity index (χ1) is 17.9. The van der Waals surface area contributed by atoms with Gasteiger partial charge in [0.2, 0.25) is 0 Å². The average molecular weight is 502 g/mol. The van der Waals surface area contributed by atoms with Crippen LogP contribution in [0.5, 0.6) is 0 Å². The fourth-order valence-electron chi connectivity index (χ4n) is 6.10. The molecule has 2 heterocycles. The number of aromatic nitrogens is 1. The highest BCUT2D eigenvalue weighted by atomic mass is 19.2. The average Bonchev–Trinajstić information content (AvgIpc) is 3.30. The van der Waals surface area contributed by atoms with Gasteiger partial charge in [0.15, 0.2) is 11.6 Å². The number of nitrogens with zero attached hydrogens (tertiary/aromatic N) is 2. The number of para-hydroxylation sites is 1. The van der Waals surface area contributed by atoms with Gasteiger partial charge in [0.1, 0.15) is 0 Å². The minimum atomic E-state index is -1.01. The smallest absolute Gasteiger partial charge is 0.254 e. The van der Waals surface area contributed by atoms with Crippen molar-refractivity contribution in [2.75, 3.05) is 20.6 Å². The Kier molecular flexibility index (Phi) is 6.86. The summed E-state index contributed by atoms with van der Waals surface area (Å²) in [5.41, 5.74) is 4.54. The second-order valence-corrected chi connectivity index (χ2v) is 10.1. The Morgan fingerprint density at radius 2 is 1.76 bits per heavy atom. The summed E-state index contributed by atoms with van der Waals surface area (Å²) < 4.78 is 27.7. The van der Waals surface area contributed by atoms with Crippen LogP contribution in [0.15, 0.2) is 72.8 Å². The van der Waals surface area contributed by atoms with E-state index in [0.29, 0.717) is 13.0 Å². The van der Waals surface area contributed by atoms with E-state index in [2.05, 4.69) is 67.3 Å². The van der Waals surface area contributed by atoms with Crippen molar-refractivity contribution in [2.24, 2.45) is 0 Å². The molecule has 1 aromatic heterocycles. The van der Waals surface area contributed by atoms with Crippen LogP contribution in [-0.4, -0.2) is 41.3 Å². The van der Waals surface area contributed by atoms with E-state index < -0.39 is 11.6 Å². The molecule has 0 spiro atoms. The topological polar surface area (TPSA) is 39.3 Å². The van der Waals surface area contributed by atoms with Crippen LogP contribution in [0.3, 0.4) is 0 Å². The predicted octanol–water partition coefficient (Wildman–Crippen LogP) is 6.83. The molecule has 1 aliphatic rings. The summed E-state index contributed by atoms with van der Waals surface area (Å²) in [6.07, 6.45) is 3.15. The standard InChI is InChI=1S/C31H33F2N3O/c1-4-31(35(2)3,22-10-6-5-7-11-22)18-16-28-29-24(23-12-8-9-13-27(23)34-29)17-19-36(28)30(37)21-14-15-25(32)26(33)20-21/h5-15,20,28,34H,4,16-19H2,1-3H3. The minimum absolute atomic E-state index is 0.167. The summed E-state index contributed by atoms with van der Waals surface area (Å²) >= 11 is 0. The van der Waals surface area contributed by atoms with Crippen LogP contribution < -0.4 is 0 Å². The lowest BCUT2D eigenvalue weighted by Crippen LogP contribution is -2.44. The van der Waals surface area contributed by atoms with Gasteiger partial charge in [-0.25, -0.2) is 8.78 Å². The maximum absolute atomic E-state index is 14.1. The first kappa shape index (κ1) is 25.2. The third kappa shape index (κ3) is 4.44. The maximum atomic E-state index is 14.1. The van der Waals surface area contributed by atoms with Gasteiger partial charge in [0.25, 0.3) is 5.91 Å². The second-order valence-electron chi connectivity index (χ2n) is 10.1. The van der Waals surface area contributed by atoms with Crippen molar-refractivity contribution in [1.82, 2.24) is 14.8 Å². The summed E-state index contributed by atoms with van der Waals surface area (Å²) in [5.74, 6) is -2.24. The highest BCUT2D eigenvalue weighted by molar-refractivity contribution is 5.95. The number of aromatic amines is 1. The summed E-state index contributed by atoms with van der Waals surface area (Å²) in [5, 5.41) is 1.18. The van der Waals surface area contributed by atoms with Gasteiger partial charge in [0.05, 0.1) is 6.04 Å². The van der Waals surface area contributed by atoms with Crippen molar-refractivity contribution < 1.29 is 13.6 Å². The number of carbonyl (C=O) groups excluding carboxylic acids is 1. The van der Waals surface area contributed by atoms with Crippen molar-refractivity contribution >= 4 is 16.8 Å². The van der Waals surface area contributed by atoms with E-state index in [0.717, 1.165) is 42.6 Å². The molecule has 3 aromatic carbocycles. The van der Waals surface area contributed by atoms with E-state index in [9.17, 15) is 13.6 Å². The first-order valence-electron chi connectivity index (χ1n) is 12.9. The van der Waals surface area contributed by atoms with Crippen molar-refractivity contribution in [3.05, 3.63) is 107 Å². The Bertz CT molecular complexity index is 1410. The fraction of sp³-hybridized carbons (Fsp3) is 0.323. The van der Waals surface area contributed by atoms with Gasteiger partial charge < -0.3 is 9.88 Å². The monoisotopic (exact) mass is 501 g/mol. The molecule has 37 heavy (non-hydrogen) atoms.